The molecule has 1 aromatic carbocycles. The molecule has 0 heterocycles. The third kappa shape index (κ3) is 8.85. The number of nitrogens with two attached hydrogens (primary N) is 1. The van der Waals surface area contributed by atoms with Gasteiger partial charge < -0.3 is 25.3 Å². The first-order valence-corrected chi connectivity index (χ1v) is 9.74. The van der Waals surface area contributed by atoms with Crippen molar-refractivity contribution in [2.75, 3.05) is 18.9 Å². The van der Waals surface area contributed by atoms with Crippen LogP contribution in [0.4, 0.5) is 10.5 Å². The molecule has 0 aromatic heterocycles. The number of carbonyl (C=O) groups excluding carboxylic acids is 3. The second-order valence-corrected chi connectivity index (χ2v) is 7.48. The molecule has 1 amide bonds. The van der Waals surface area contributed by atoms with E-state index in [1.807, 2.05) is 6.07 Å². The van der Waals surface area contributed by atoms with Crippen LogP contribution in [0.1, 0.15) is 52.2 Å². The minimum atomic E-state index is -1.00. The number of nitrogens with one attached hydrogen (secondary N) is 1. The minimum Gasteiger partial charge on any atom is -0.465 e. The number of anilines is 1. The third-order valence-corrected chi connectivity index (χ3v) is 3.89. The van der Waals surface area contributed by atoms with E-state index in [0.29, 0.717) is 12.1 Å². The Labute approximate surface area is 172 Å². The zero-order valence-electron chi connectivity index (χ0n) is 17.9. The molecule has 0 fully saturated rings. The quantitative estimate of drug-likeness (QED) is 0.279. The monoisotopic (exact) mass is 408 g/mol. The third-order valence-electron chi connectivity index (χ3n) is 3.89. The van der Waals surface area contributed by atoms with E-state index >= 15 is 0 Å². The standard InChI is InChI=1S/C21H32N2O6/c1-6-27-18(24)16(19(25)28-7-2)10-9-15-12-14(8-11-17(15)22)13-23-20(26)29-21(3,4)5/h8,11-12,16H,6-7,9-10,13,22H2,1-5H3,(H,23,26). The van der Waals surface area contributed by atoms with Crippen molar-refractivity contribution in [2.24, 2.45) is 5.92 Å². The van der Waals surface area contributed by atoms with E-state index < -0.39 is 29.6 Å². The number of benzene rings is 1. The van der Waals surface area contributed by atoms with Crippen LogP contribution < -0.4 is 11.1 Å². The smallest absolute Gasteiger partial charge is 0.407 e. The molecule has 0 unspecified atom stereocenters. The van der Waals surface area contributed by atoms with Crippen LogP contribution in [-0.2, 0) is 36.8 Å². The van der Waals surface area contributed by atoms with Crippen LogP contribution >= 0.6 is 0 Å². The van der Waals surface area contributed by atoms with Gasteiger partial charge >= 0.3 is 18.0 Å². The molecule has 0 saturated heterocycles. The van der Waals surface area contributed by atoms with E-state index in [9.17, 15) is 14.4 Å². The molecule has 0 aliphatic carbocycles. The second-order valence-electron chi connectivity index (χ2n) is 7.48. The Kier molecular flexibility index (Phi) is 9.44. The number of alkyl carbamates (subject to hydrolysis) is 1. The van der Waals surface area contributed by atoms with Gasteiger partial charge in [0.25, 0.3) is 0 Å². The van der Waals surface area contributed by atoms with Gasteiger partial charge in [-0.2, -0.15) is 0 Å². The summed E-state index contributed by atoms with van der Waals surface area (Å²) in [4.78, 5) is 36.0. The zero-order chi connectivity index (χ0) is 22.0. The van der Waals surface area contributed by atoms with Gasteiger partial charge in [0.05, 0.1) is 13.2 Å². The van der Waals surface area contributed by atoms with Crippen LogP contribution in [0.25, 0.3) is 0 Å². The number of aryl methyl sites for hydroxylation is 1. The summed E-state index contributed by atoms with van der Waals surface area (Å²) in [5.41, 5.74) is 7.60. The number of hydrogen-bond acceptors (Lipinski definition) is 7. The van der Waals surface area contributed by atoms with Crippen LogP contribution in [0.15, 0.2) is 18.2 Å². The number of esters is 2. The van der Waals surface area contributed by atoms with E-state index in [1.165, 1.54) is 0 Å². The van der Waals surface area contributed by atoms with Gasteiger partial charge in [-0.1, -0.05) is 12.1 Å². The molecule has 162 valence electrons. The Balaban J connectivity index is 2.79. The zero-order valence-corrected chi connectivity index (χ0v) is 17.9. The fourth-order valence-electron chi connectivity index (χ4n) is 2.59. The number of amides is 1. The summed E-state index contributed by atoms with van der Waals surface area (Å²) >= 11 is 0. The lowest BCUT2D eigenvalue weighted by molar-refractivity contribution is -0.161. The fourth-order valence-corrected chi connectivity index (χ4v) is 2.59. The highest BCUT2D eigenvalue weighted by Crippen LogP contribution is 2.20. The molecule has 0 atom stereocenters. The molecule has 29 heavy (non-hydrogen) atoms. The molecule has 0 spiro atoms. The molecule has 1 aromatic rings. The van der Waals surface area contributed by atoms with Gasteiger partial charge in [-0.25, -0.2) is 4.79 Å². The predicted molar refractivity (Wildman–Crippen MR) is 109 cm³/mol. The first kappa shape index (κ1) is 24.3. The van der Waals surface area contributed by atoms with Crippen LogP contribution in [0.3, 0.4) is 0 Å². The molecule has 0 aliphatic heterocycles. The van der Waals surface area contributed by atoms with Crippen molar-refractivity contribution in [1.29, 1.82) is 0 Å². The first-order chi connectivity index (χ1) is 13.6. The Morgan fingerprint density at radius 2 is 1.66 bits per heavy atom. The molecule has 0 saturated carbocycles. The summed E-state index contributed by atoms with van der Waals surface area (Å²) in [6, 6.07) is 5.36. The van der Waals surface area contributed by atoms with Gasteiger partial charge in [0.15, 0.2) is 5.92 Å². The molecular formula is C21H32N2O6. The van der Waals surface area contributed by atoms with Gasteiger partial charge in [0.2, 0.25) is 0 Å². The van der Waals surface area contributed by atoms with Gasteiger partial charge in [-0.05, 0) is 64.7 Å². The lowest BCUT2D eigenvalue weighted by Crippen LogP contribution is -2.32. The van der Waals surface area contributed by atoms with Crippen molar-refractivity contribution in [1.82, 2.24) is 5.32 Å². The van der Waals surface area contributed by atoms with Crippen LogP contribution in [0, 0.1) is 5.92 Å². The fraction of sp³-hybridized carbons (Fsp3) is 0.571. The Morgan fingerprint density at radius 3 is 2.17 bits per heavy atom. The Hall–Kier alpha value is -2.77. The highest BCUT2D eigenvalue weighted by atomic mass is 16.6. The van der Waals surface area contributed by atoms with E-state index in [2.05, 4.69) is 5.32 Å². The number of rotatable bonds is 9. The van der Waals surface area contributed by atoms with Crippen molar-refractivity contribution < 1.29 is 28.6 Å². The summed E-state index contributed by atoms with van der Waals surface area (Å²) in [6.45, 7) is 9.36. The van der Waals surface area contributed by atoms with Crippen LogP contribution in [0.5, 0.6) is 0 Å². The van der Waals surface area contributed by atoms with Crippen LogP contribution in [0.2, 0.25) is 0 Å². The summed E-state index contributed by atoms with van der Waals surface area (Å²) in [6.07, 6.45) is 0.0831. The largest absolute Gasteiger partial charge is 0.465 e. The number of ether oxygens (including phenoxy) is 3. The normalized spacial score (nSPS) is 11.1. The van der Waals surface area contributed by atoms with E-state index in [1.54, 1.807) is 46.8 Å². The summed E-state index contributed by atoms with van der Waals surface area (Å²) in [7, 11) is 0. The lowest BCUT2D eigenvalue weighted by atomic mass is 9.97. The van der Waals surface area contributed by atoms with E-state index in [-0.39, 0.29) is 26.2 Å². The SMILES string of the molecule is CCOC(=O)C(CCc1cc(CNC(=O)OC(C)(C)C)ccc1N)C(=O)OCC. The summed E-state index contributed by atoms with van der Waals surface area (Å²) in [5, 5.41) is 2.69. The Morgan fingerprint density at radius 1 is 1.07 bits per heavy atom. The molecule has 0 aliphatic rings. The Bertz CT molecular complexity index is 694. The number of carbonyl (C=O) groups is 3. The summed E-state index contributed by atoms with van der Waals surface area (Å²) < 4.78 is 15.2. The topological polar surface area (TPSA) is 117 Å². The molecular weight excluding hydrogens is 376 g/mol. The maximum atomic E-state index is 12.1. The van der Waals surface area contributed by atoms with Gasteiger partial charge in [-0.3, -0.25) is 9.59 Å². The predicted octanol–water partition coefficient (Wildman–Crippen LogP) is 2.97. The molecule has 3 N–H and O–H groups in total. The van der Waals surface area contributed by atoms with Crippen molar-refractivity contribution in [3.05, 3.63) is 29.3 Å². The van der Waals surface area contributed by atoms with Crippen molar-refractivity contribution in [2.45, 2.75) is 59.6 Å². The highest BCUT2D eigenvalue weighted by Gasteiger charge is 2.29. The van der Waals surface area contributed by atoms with Crippen molar-refractivity contribution >= 4 is 23.7 Å². The van der Waals surface area contributed by atoms with Crippen molar-refractivity contribution in [3.8, 4) is 0 Å². The maximum Gasteiger partial charge on any atom is 0.407 e. The van der Waals surface area contributed by atoms with Gasteiger partial charge in [0.1, 0.15) is 5.60 Å². The number of nitrogen functional groups attached to an aromatic ring is 1. The molecule has 8 heteroatoms. The molecule has 8 nitrogen and oxygen atoms in total. The highest BCUT2D eigenvalue weighted by molar-refractivity contribution is 5.94. The van der Waals surface area contributed by atoms with Crippen LogP contribution in [-0.4, -0.2) is 36.8 Å². The average Bonchev–Trinajstić information content (AvgIpc) is 2.61. The number of hydrogen-bond donors (Lipinski definition) is 2. The van der Waals surface area contributed by atoms with E-state index in [0.717, 1.165) is 11.1 Å². The van der Waals surface area contributed by atoms with E-state index in [4.69, 9.17) is 19.9 Å². The minimum absolute atomic E-state index is 0.183. The summed E-state index contributed by atoms with van der Waals surface area (Å²) in [5.74, 6) is -2.21. The molecule has 1 rings (SSSR count). The van der Waals surface area contributed by atoms with Gasteiger partial charge in [-0.15, -0.1) is 0 Å². The van der Waals surface area contributed by atoms with Gasteiger partial charge in [0, 0.05) is 12.2 Å². The second kappa shape index (κ2) is 11.3. The molecule has 0 radical (unpaired) electrons. The molecule has 0 bridgehead atoms. The first-order valence-electron chi connectivity index (χ1n) is 9.74. The van der Waals surface area contributed by atoms with Crippen molar-refractivity contribution in [3.63, 3.8) is 0 Å². The maximum absolute atomic E-state index is 12.1. The average molecular weight is 408 g/mol. The lowest BCUT2D eigenvalue weighted by Gasteiger charge is -2.20.